The topological polar surface area (TPSA) is 76.7 Å². The molecule has 1 atom stereocenters. The highest BCUT2D eigenvalue weighted by Gasteiger charge is 2.11. The normalized spacial score (nSPS) is 11.4. The molecule has 0 aromatic heterocycles. The van der Waals surface area contributed by atoms with Crippen LogP contribution in [0.2, 0.25) is 0 Å². The van der Waals surface area contributed by atoms with Crippen LogP contribution >= 0.6 is 0 Å². The van der Waals surface area contributed by atoms with Crippen molar-refractivity contribution in [2.75, 3.05) is 13.2 Å². The Labute approximate surface area is 166 Å². The van der Waals surface area contributed by atoms with E-state index < -0.39 is 11.8 Å². The summed E-state index contributed by atoms with van der Waals surface area (Å²) in [5.41, 5.74) is 6.90. The number of ether oxygens (including phenoxy) is 2. The molecule has 0 fully saturated rings. The summed E-state index contributed by atoms with van der Waals surface area (Å²) in [5.74, 6) is 0.718. The first-order valence-electron chi connectivity index (χ1n) is 9.54. The Balaban J connectivity index is 1.72. The molecule has 0 bridgehead atoms. The largest absolute Gasteiger partial charge is 0.484 e. The number of aryl methyl sites for hydroxylation is 1. The fraction of sp³-hybridized carbons (Fsp3) is 0.364. The SMILES string of the molecule is CCc1ccc(OCC(=O)NNC(=O)COc2ccccc2C(C)CC)cc1. The number of para-hydroxylation sites is 1. The van der Waals surface area contributed by atoms with Crippen LogP contribution in [0.5, 0.6) is 11.5 Å². The van der Waals surface area contributed by atoms with Crippen molar-refractivity contribution in [1.29, 1.82) is 0 Å². The molecule has 2 amide bonds. The summed E-state index contributed by atoms with van der Waals surface area (Å²) in [7, 11) is 0. The van der Waals surface area contributed by atoms with Gasteiger partial charge in [-0.15, -0.1) is 0 Å². The number of amides is 2. The summed E-state index contributed by atoms with van der Waals surface area (Å²) in [6.45, 7) is 5.90. The smallest absolute Gasteiger partial charge is 0.276 e. The van der Waals surface area contributed by atoms with Crippen LogP contribution in [0, 0.1) is 0 Å². The summed E-state index contributed by atoms with van der Waals surface area (Å²) in [5, 5.41) is 0. The Kier molecular flexibility index (Phi) is 8.34. The van der Waals surface area contributed by atoms with Gasteiger partial charge in [-0.2, -0.15) is 0 Å². The van der Waals surface area contributed by atoms with Crippen molar-refractivity contribution in [3.8, 4) is 11.5 Å². The molecule has 2 aromatic carbocycles. The van der Waals surface area contributed by atoms with Crippen LogP contribution in [0.1, 0.15) is 44.2 Å². The number of nitrogens with one attached hydrogen (secondary N) is 2. The maximum atomic E-state index is 11.9. The van der Waals surface area contributed by atoms with Crippen molar-refractivity contribution in [2.45, 2.75) is 39.5 Å². The zero-order chi connectivity index (χ0) is 20.4. The summed E-state index contributed by atoms with van der Waals surface area (Å²) in [6.07, 6.45) is 1.92. The van der Waals surface area contributed by atoms with Gasteiger partial charge in [0.15, 0.2) is 13.2 Å². The van der Waals surface area contributed by atoms with Crippen LogP contribution in [0.4, 0.5) is 0 Å². The van der Waals surface area contributed by atoms with Gasteiger partial charge in [0.05, 0.1) is 0 Å². The van der Waals surface area contributed by atoms with E-state index >= 15 is 0 Å². The molecule has 2 rings (SSSR count). The lowest BCUT2D eigenvalue weighted by molar-refractivity contribution is -0.131. The first-order chi connectivity index (χ1) is 13.5. The van der Waals surface area contributed by atoms with Crippen LogP contribution in [-0.4, -0.2) is 25.0 Å². The average Bonchev–Trinajstić information content (AvgIpc) is 2.74. The second kappa shape index (κ2) is 11.0. The third kappa shape index (κ3) is 6.61. The summed E-state index contributed by atoms with van der Waals surface area (Å²) >= 11 is 0. The van der Waals surface area contributed by atoms with Gasteiger partial charge in [-0.25, -0.2) is 0 Å². The summed E-state index contributed by atoms with van der Waals surface area (Å²) in [4.78, 5) is 23.7. The van der Waals surface area contributed by atoms with Crippen molar-refractivity contribution in [1.82, 2.24) is 10.9 Å². The van der Waals surface area contributed by atoms with Gasteiger partial charge in [-0.05, 0) is 48.1 Å². The van der Waals surface area contributed by atoms with Crippen molar-refractivity contribution in [2.24, 2.45) is 0 Å². The van der Waals surface area contributed by atoms with Crippen molar-refractivity contribution >= 4 is 11.8 Å². The van der Waals surface area contributed by atoms with Gasteiger partial charge in [0.25, 0.3) is 11.8 Å². The molecule has 0 aliphatic carbocycles. The molecule has 0 radical (unpaired) electrons. The minimum Gasteiger partial charge on any atom is -0.484 e. The van der Waals surface area contributed by atoms with E-state index in [1.807, 2.05) is 48.5 Å². The fourth-order valence-electron chi connectivity index (χ4n) is 2.56. The Bertz CT molecular complexity index is 774. The number of hydrogen-bond acceptors (Lipinski definition) is 4. The third-order valence-corrected chi connectivity index (χ3v) is 4.46. The van der Waals surface area contributed by atoms with Crippen molar-refractivity contribution in [3.63, 3.8) is 0 Å². The molecule has 28 heavy (non-hydrogen) atoms. The standard InChI is InChI=1S/C22H28N2O4/c1-4-16(3)19-8-6-7-9-20(19)28-15-22(26)24-23-21(25)14-27-18-12-10-17(5-2)11-13-18/h6-13,16H,4-5,14-15H2,1-3H3,(H,23,25)(H,24,26). The maximum absolute atomic E-state index is 11.9. The fourth-order valence-corrected chi connectivity index (χ4v) is 2.56. The molecule has 6 heteroatoms. The lowest BCUT2D eigenvalue weighted by Gasteiger charge is -2.15. The molecule has 0 aliphatic rings. The first kappa shape index (κ1) is 21.3. The van der Waals surface area contributed by atoms with Crippen LogP contribution < -0.4 is 20.3 Å². The molecular weight excluding hydrogens is 356 g/mol. The van der Waals surface area contributed by atoms with Gasteiger partial charge < -0.3 is 9.47 Å². The molecule has 0 spiro atoms. The number of carbonyl (C=O) groups is 2. The molecule has 2 aromatic rings. The van der Waals surface area contributed by atoms with E-state index in [1.54, 1.807) is 0 Å². The van der Waals surface area contributed by atoms with Crippen LogP contribution in [-0.2, 0) is 16.0 Å². The molecule has 0 heterocycles. The van der Waals surface area contributed by atoms with E-state index in [0.29, 0.717) is 17.4 Å². The molecule has 0 saturated heterocycles. The lowest BCUT2D eigenvalue weighted by Crippen LogP contribution is -2.45. The van der Waals surface area contributed by atoms with Crippen LogP contribution in [0.25, 0.3) is 0 Å². The number of hydrazine groups is 1. The van der Waals surface area contributed by atoms with Gasteiger partial charge in [-0.3, -0.25) is 20.4 Å². The zero-order valence-electron chi connectivity index (χ0n) is 16.7. The van der Waals surface area contributed by atoms with Gasteiger partial charge in [0.1, 0.15) is 11.5 Å². The van der Waals surface area contributed by atoms with E-state index in [4.69, 9.17) is 9.47 Å². The molecule has 2 N–H and O–H groups in total. The highest BCUT2D eigenvalue weighted by molar-refractivity contribution is 5.83. The number of benzene rings is 2. The molecule has 6 nitrogen and oxygen atoms in total. The monoisotopic (exact) mass is 384 g/mol. The second-order valence-corrected chi connectivity index (χ2v) is 6.52. The third-order valence-electron chi connectivity index (χ3n) is 4.46. The van der Waals surface area contributed by atoms with Crippen molar-refractivity contribution < 1.29 is 19.1 Å². The predicted octanol–water partition coefficient (Wildman–Crippen LogP) is 3.37. The molecule has 1 unspecified atom stereocenters. The minimum atomic E-state index is -0.451. The van der Waals surface area contributed by atoms with Gasteiger partial charge in [0.2, 0.25) is 0 Å². The predicted molar refractivity (Wildman–Crippen MR) is 108 cm³/mol. The quantitative estimate of drug-likeness (QED) is 0.650. The Hall–Kier alpha value is -3.02. The maximum Gasteiger partial charge on any atom is 0.276 e. The Morgan fingerprint density at radius 3 is 2.11 bits per heavy atom. The van der Waals surface area contributed by atoms with Gasteiger partial charge in [-0.1, -0.05) is 51.1 Å². The Morgan fingerprint density at radius 1 is 0.893 bits per heavy atom. The molecule has 150 valence electrons. The minimum absolute atomic E-state index is 0.187. The number of rotatable bonds is 9. The van der Waals surface area contributed by atoms with Gasteiger partial charge >= 0.3 is 0 Å². The van der Waals surface area contributed by atoms with Crippen molar-refractivity contribution in [3.05, 3.63) is 59.7 Å². The lowest BCUT2D eigenvalue weighted by atomic mass is 9.98. The highest BCUT2D eigenvalue weighted by atomic mass is 16.5. The van der Waals surface area contributed by atoms with E-state index in [0.717, 1.165) is 18.4 Å². The van der Waals surface area contributed by atoms with Gasteiger partial charge in [0, 0.05) is 0 Å². The first-order valence-corrected chi connectivity index (χ1v) is 9.54. The van der Waals surface area contributed by atoms with E-state index in [1.165, 1.54) is 5.56 Å². The average molecular weight is 384 g/mol. The molecule has 0 saturated carbocycles. The number of hydrogen-bond donors (Lipinski definition) is 2. The van der Waals surface area contributed by atoms with Crippen LogP contribution in [0.15, 0.2) is 48.5 Å². The molecule has 0 aliphatic heterocycles. The Morgan fingerprint density at radius 2 is 1.50 bits per heavy atom. The van der Waals surface area contributed by atoms with E-state index in [9.17, 15) is 9.59 Å². The summed E-state index contributed by atoms with van der Waals surface area (Å²) in [6, 6.07) is 15.2. The number of carbonyl (C=O) groups excluding carboxylic acids is 2. The van der Waals surface area contributed by atoms with E-state index in [2.05, 4.69) is 31.6 Å². The zero-order valence-corrected chi connectivity index (χ0v) is 16.7. The summed E-state index contributed by atoms with van der Waals surface area (Å²) < 4.78 is 11.0. The second-order valence-electron chi connectivity index (χ2n) is 6.52. The highest BCUT2D eigenvalue weighted by Crippen LogP contribution is 2.28. The van der Waals surface area contributed by atoms with E-state index in [-0.39, 0.29) is 13.2 Å². The molecular formula is C22H28N2O4. The van der Waals surface area contributed by atoms with Crippen LogP contribution in [0.3, 0.4) is 0 Å².